The molecule has 0 amide bonds. The minimum atomic E-state index is -0.675. The molecule has 0 aliphatic carbocycles. The summed E-state index contributed by atoms with van der Waals surface area (Å²) in [7, 11) is 0. The number of esters is 1. The van der Waals surface area contributed by atoms with Crippen LogP contribution in [0.2, 0.25) is 0 Å². The van der Waals surface area contributed by atoms with Gasteiger partial charge < -0.3 is 9.84 Å². The fraction of sp³-hybridized carbons (Fsp3) is 0.0769. The summed E-state index contributed by atoms with van der Waals surface area (Å²) in [6, 6.07) is 10.8. The highest BCUT2D eigenvalue weighted by atomic mass is 16.5. The lowest BCUT2D eigenvalue weighted by Gasteiger charge is -2.08. The van der Waals surface area contributed by atoms with E-state index in [0.717, 1.165) is 11.1 Å². The van der Waals surface area contributed by atoms with E-state index in [1.807, 2.05) is 24.3 Å². The Bertz CT molecular complexity index is 511. The number of ether oxygens (including phenoxy) is 1. The van der Waals surface area contributed by atoms with Crippen LogP contribution in [0.25, 0.3) is 11.1 Å². The third-order valence-corrected chi connectivity index (χ3v) is 2.23. The molecule has 0 aliphatic rings. The minimum Gasteiger partial charge on any atom is -0.424 e. The van der Waals surface area contributed by atoms with Crippen molar-refractivity contribution in [3.05, 3.63) is 48.8 Å². The molecule has 0 radical (unpaired) electrons. The molecule has 0 spiro atoms. The number of carbonyl (C=O) groups excluding carboxylic acids is 1. The van der Waals surface area contributed by atoms with Crippen LogP contribution in [0, 0.1) is 0 Å². The van der Waals surface area contributed by atoms with Crippen LogP contribution in [0.3, 0.4) is 0 Å². The van der Waals surface area contributed by atoms with Crippen molar-refractivity contribution in [3.8, 4) is 16.9 Å². The van der Waals surface area contributed by atoms with Gasteiger partial charge in [-0.25, -0.2) is 4.79 Å². The highest BCUT2D eigenvalue weighted by molar-refractivity contribution is 5.78. The molecule has 1 aromatic carbocycles. The van der Waals surface area contributed by atoms with E-state index in [9.17, 15) is 4.79 Å². The van der Waals surface area contributed by atoms with Gasteiger partial charge >= 0.3 is 5.97 Å². The summed E-state index contributed by atoms with van der Waals surface area (Å²) in [6.45, 7) is -0.634. The number of hydrogen-bond acceptors (Lipinski definition) is 4. The highest BCUT2D eigenvalue weighted by Gasteiger charge is 2.08. The molecule has 86 valence electrons. The maximum Gasteiger partial charge on any atom is 0.337 e. The van der Waals surface area contributed by atoms with Crippen molar-refractivity contribution >= 4 is 5.97 Å². The van der Waals surface area contributed by atoms with Gasteiger partial charge in [-0.3, -0.25) is 4.98 Å². The Labute approximate surface area is 98.5 Å². The highest BCUT2D eigenvalue weighted by Crippen LogP contribution is 2.29. The number of nitrogens with zero attached hydrogens (tertiary/aromatic N) is 1. The molecule has 0 unspecified atom stereocenters. The van der Waals surface area contributed by atoms with Gasteiger partial charge in [-0.1, -0.05) is 18.2 Å². The number of carbonyl (C=O) groups is 1. The summed E-state index contributed by atoms with van der Waals surface area (Å²) in [5, 5.41) is 8.67. The van der Waals surface area contributed by atoms with Gasteiger partial charge in [0.2, 0.25) is 0 Å². The van der Waals surface area contributed by atoms with E-state index in [1.54, 1.807) is 24.5 Å². The van der Waals surface area contributed by atoms with E-state index in [-0.39, 0.29) is 0 Å². The fourth-order valence-electron chi connectivity index (χ4n) is 1.48. The molecular formula is C13H11NO3. The molecular weight excluding hydrogens is 218 g/mol. The van der Waals surface area contributed by atoms with Crippen LogP contribution in [0.5, 0.6) is 5.75 Å². The zero-order valence-corrected chi connectivity index (χ0v) is 9.04. The van der Waals surface area contributed by atoms with E-state index in [4.69, 9.17) is 9.84 Å². The van der Waals surface area contributed by atoms with Crippen LogP contribution in [0.4, 0.5) is 0 Å². The Kier molecular flexibility index (Phi) is 3.47. The van der Waals surface area contributed by atoms with E-state index >= 15 is 0 Å². The van der Waals surface area contributed by atoms with Crippen molar-refractivity contribution in [2.45, 2.75) is 0 Å². The Morgan fingerprint density at radius 2 is 1.88 bits per heavy atom. The molecule has 1 N–H and O–H groups in total. The van der Waals surface area contributed by atoms with Crippen LogP contribution in [-0.4, -0.2) is 22.7 Å². The lowest BCUT2D eigenvalue weighted by molar-refractivity contribution is -0.137. The number of para-hydroxylation sites is 1. The summed E-state index contributed by atoms with van der Waals surface area (Å²) < 4.78 is 5.04. The third kappa shape index (κ3) is 2.68. The van der Waals surface area contributed by atoms with Crippen molar-refractivity contribution in [1.82, 2.24) is 4.98 Å². The van der Waals surface area contributed by atoms with Gasteiger partial charge in [0, 0.05) is 18.0 Å². The maximum atomic E-state index is 11.1. The molecule has 0 aliphatic heterocycles. The second-order valence-corrected chi connectivity index (χ2v) is 3.36. The average Bonchev–Trinajstić information content (AvgIpc) is 2.40. The number of benzene rings is 1. The van der Waals surface area contributed by atoms with Gasteiger partial charge in [0.1, 0.15) is 12.4 Å². The van der Waals surface area contributed by atoms with Crippen LogP contribution in [0.1, 0.15) is 0 Å². The monoisotopic (exact) mass is 229 g/mol. The first-order valence-electron chi connectivity index (χ1n) is 5.12. The predicted molar refractivity (Wildman–Crippen MR) is 62.4 cm³/mol. The zero-order chi connectivity index (χ0) is 12.1. The van der Waals surface area contributed by atoms with Gasteiger partial charge in [-0.05, 0) is 23.8 Å². The maximum absolute atomic E-state index is 11.1. The van der Waals surface area contributed by atoms with Crippen LogP contribution >= 0.6 is 0 Å². The minimum absolute atomic E-state index is 0.428. The Morgan fingerprint density at radius 1 is 1.18 bits per heavy atom. The summed E-state index contributed by atoms with van der Waals surface area (Å²) in [5.41, 5.74) is 1.69. The lowest BCUT2D eigenvalue weighted by Crippen LogP contribution is -2.12. The van der Waals surface area contributed by atoms with Gasteiger partial charge in [-0.15, -0.1) is 0 Å². The van der Waals surface area contributed by atoms with Gasteiger partial charge in [-0.2, -0.15) is 0 Å². The first-order chi connectivity index (χ1) is 8.31. The van der Waals surface area contributed by atoms with Crippen LogP contribution < -0.4 is 4.74 Å². The molecule has 2 rings (SSSR count). The second-order valence-electron chi connectivity index (χ2n) is 3.36. The molecule has 1 heterocycles. The lowest BCUT2D eigenvalue weighted by atomic mass is 10.1. The number of aromatic nitrogens is 1. The molecule has 1 aromatic heterocycles. The van der Waals surface area contributed by atoms with Crippen molar-refractivity contribution in [1.29, 1.82) is 0 Å². The van der Waals surface area contributed by atoms with E-state index < -0.39 is 12.6 Å². The summed E-state index contributed by atoms with van der Waals surface area (Å²) in [5.74, 6) is -0.246. The molecule has 0 bridgehead atoms. The predicted octanol–water partition coefficient (Wildman–Crippen LogP) is 1.65. The molecule has 4 heteroatoms. The molecule has 17 heavy (non-hydrogen) atoms. The number of aliphatic hydroxyl groups is 1. The van der Waals surface area contributed by atoms with Crippen molar-refractivity contribution in [2.24, 2.45) is 0 Å². The standard InChI is InChI=1S/C13H11NO3/c15-9-13(16)17-12-4-2-1-3-11(12)10-5-7-14-8-6-10/h1-8,15H,9H2. The van der Waals surface area contributed by atoms with E-state index in [2.05, 4.69) is 4.98 Å². The van der Waals surface area contributed by atoms with Crippen LogP contribution in [0.15, 0.2) is 48.8 Å². The Morgan fingerprint density at radius 3 is 2.59 bits per heavy atom. The van der Waals surface area contributed by atoms with E-state index in [0.29, 0.717) is 5.75 Å². The third-order valence-electron chi connectivity index (χ3n) is 2.23. The first kappa shape index (κ1) is 11.3. The SMILES string of the molecule is O=C(CO)Oc1ccccc1-c1ccncc1. The Balaban J connectivity index is 2.38. The Hall–Kier alpha value is -2.20. The smallest absolute Gasteiger partial charge is 0.337 e. The molecule has 0 saturated carbocycles. The number of aliphatic hydroxyl groups excluding tert-OH is 1. The molecule has 0 saturated heterocycles. The van der Waals surface area contributed by atoms with Crippen molar-refractivity contribution in [3.63, 3.8) is 0 Å². The molecule has 4 nitrogen and oxygen atoms in total. The number of pyridine rings is 1. The van der Waals surface area contributed by atoms with E-state index in [1.165, 1.54) is 0 Å². The van der Waals surface area contributed by atoms with Crippen molar-refractivity contribution in [2.75, 3.05) is 6.61 Å². The summed E-state index contributed by atoms with van der Waals surface area (Å²) in [6.07, 6.45) is 3.33. The van der Waals surface area contributed by atoms with Crippen molar-refractivity contribution < 1.29 is 14.6 Å². The topological polar surface area (TPSA) is 59.4 Å². The summed E-state index contributed by atoms with van der Waals surface area (Å²) in [4.78, 5) is 15.0. The fourth-order valence-corrected chi connectivity index (χ4v) is 1.48. The normalized spacial score (nSPS) is 9.94. The molecule has 0 fully saturated rings. The molecule has 0 atom stereocenters. The average molecular weight is 229 g/mol. The van der Waals surface area contributed by atoms with Gasteiger partial charge in [0.05, 0.1) is 0 Å². The summed E-state index contributed by atoms with van der Waals surface area (Å²) >= 11 is 0. The zero-order valence-electron chi connectivity index (χ0n) is 9.04. The number of rotatable bonds is 3. The van der Waals surface area contributed by atoms with Crippen LogP contribution in [-0.2, 0) is 4.79 Å². The quantitative estimate of drug-likeness (QED) is 0.642. The van der Waals surface area contributed by atoms with Gasteiger partial charge in [0.15, 0.2) is 0 Å². The first-order valence-corrected chi connectivity index (χ1v) is 5.12. The molecule has 2 aromatic rings. The number of hydrogen-bond donors (Lipinski definition) is 1. The van der Waals surface area contributed by atoms with Gasteiger partial charge in [0.25, 0.3) is 0 Å². The second kappa shape index (κ2) is 5.23. The largest absolute Gasteiger partial charge is 0.424 e.